The van der Waals surface area contributed by atoms with Crippen molar-refractivity contribution in [3.63, 3.8) is 0 Å². The van der Waals surface area contributed by atoms with Gasteiger partial charge < -0.3 is 10.8 Å². The quantitative estimate of drug-likeness (QED) is 0.557. The predicted octanol–water partition coefficient (Wildman–Crippen LogP) is 0.202. The minimum Gasteiger partial charge on any atom is -0.392 e. The first-order chi connectivity index (χ1) is 4.33. The molecule has 1 rings (SSSR count). The van der Waals surface area contributed by atoms with E-state index in [1.54, 1.807) is 11.8 Å². The molecule has 1 aliphatic heterocycles. The van der Waals surface area contributed by atoms with Gasteiger partial charge in [-0.25, -0.2) is 0 Å². The summed E-state index contributed by atoms with van der Waals surface area (Å²) in [5, 5.41) is 9.67. The van der Waals surface area contributed by atoms with E-state index in [1.807, 2.05) is 0 Å². The van der Waals surface area contributed by atoms with E-state index in [9.17, 15) is 0 Å². The number of thioether (sulfide) groups is 1. The molecule has 2 nitrogen and oxygen atoms in total. The van der Waals surface area contributed by atoms with Crippen molar-refractivity contribution in [3.05, 3.63) is 0 Å². The SMILES string of the molecule is NCC1CCC(O)CS1. The second kappa shape index (κ2) is 3.44. The topological polar surface area (TPSA) is 46.2 Å². The zero-order valence-electron chi connectivity index (χ0n) is 5.42. The molecule has 3 heteroatoms. The van der Waals surface area contributed by atoms with E-state index < -0.39 is 0 Å². The van der Waals surface area contributed by atoms with Crippen molar-refractivity contribution in [2.75, 3.05) is 12.3 Å². The molecule has 1 aliphatic rings. The molecule has 0 aromatic carbocycles. The third-order valence-corrected chi connectivity index (χ3v) is 3.09. The molecule has 0 saturated carbocycles. The molecule has 2 unspecified atom stereocenters. The van der Waals surface area contributed by atoms with E-state index in [0.717, 1.165) is 25.1 Å². The summed E-state index contributed by atoms with van der Waals surface area (Å²) >= 11 is 1.80. The van der Waals surface area contributed by atoms with Gasteiger partial charge in [-0.15, -0.1) is 0 Å². The van der Waals surface area contributed by atoms with Gasteiger partial charge in [-0.1, -0.05) is 0 Å². The van der Waals surface area contributed by atoms with E-state index >= 15 is 0 Å². The van der Waals surface area contributed by atoms with Gasteiger partial charge in [-0.05, 0) is 12.8 Å². The molecule has 1 saturated heterocycles. The van der Waals surface area contributed by atoms with Crippen LogP contribution in [0, 0.1) is 0 Å². The van der Waals surface area contributed by atoms with Gasteiger partial charge in [0.1, 0.15) is 0 Å². The summed E-state index contributed by atoms with van der Waals surface area (Å²) in [5.41, 5.74) is 5.45. The van der Waals surface area contributed by atoms with Crippen LogP contribution in [0.3, 0.4) is 0 Å². The average Bonchev–Trinajstić information content (AvgIpc) is 1.90. The molecular formula is C6H13NOS. The van der Waals surface area contributed by atoms with Crippen LogP contribution in [0.15, 0.2) is 0 Å². The highest BCUT2D eigenvalue weighted by atomic mass is 32.2. The van der Waals surface area contributed by atoms with E-state index in [4.69, 9.17) is 10.8 Å². The second-order valence-electron chi connectivity index (χ2n) is 2.42. The molecule has 54 valence electrons. The van der Waals surface area contributed by atoms with Crippen molar-refractivity contribution < 1.29 is 5.11 Å². The van der Waals surface area contributed by atoms with Crippen molar-refractivity contribution in [2.24, 2.45) is 5.73 Å². The van der Waals surface area contributed by atoms with Gasteiger partial charge in [0.05, 0.1) is 6.10 Å². The third kappa shape index (κ3) is 2.16. The fraction of sp³-hybridized carbons (Fsp3) is 1.00. The Hall–Kier alpha value is 0.270. The highest BCUT2D eigenvalue weighted by molar-refractivity contribution is 8.00. The summed E-state index contributed by atoms with van der Waals surface area (Å²) in [6.07, 6.45) is 1.95. The van der Waals surface area contributed by atoms with Crippen molar-refractivity contribution in [3.8, 4) is 0 Å². The maximum Gasteiger partial charge on any atom is 0.0631 e. The molecule has 0 aromatic heterocycles. The Labute approximate surface area is 59.8 Å². The first-order valence-electron chi connectivity index (χ1n) is 3.32. The summed E-state index contributed by atoms with van der Waals surface area (Å²) in [6.45, 7) is 0.761. The summed E-state index contributed by atoms with van der Waals surface area (Å²) in [7, 11) is 0. The predicted molar refractivity (Wildman–Crippen MR) is 40.5 cm³/mol. The first kappa shape index (κ1) is 7.38. The molecule has 1 fully saturated rings. The zero-order valence-corrected chi connectivity index (χ0v) is 6.23. The van der Waals surface area contributed by atoms with Crippen molar-refractivity contribution in [1.82, 2.24) is 0 Å². The lowest BCUT2D eigenvalue weighted by Gasteiger charge is -2.23. The van der Waals surface area contributed by atoms with Crippen molar-refractivity contribution >= 4 is 11.8 Å². The molecule has 9 heavy (non-hydrogen) atoms. The van der Waals surface area contributed by atoms with Crippen molar-refractivity contribution in [2.45, 2.75) is 24.2 Å². The van der Waals surface area contributed by atoms with Gasteiger partial charge in [0.15, 0.2) is 0 Å². The van der Waals surface area contributed by atoms with E-state index in [-0.39, 0.29) is 6.10 Å². The lowest BCUT2D eigenvalue weighted by atomic mass is 10.1. The molecule has 3 N–H and O–H groups in total. The number of rotatable bonds is 1. The average molecular weight is 147 g/mol. The largest absolute Gasteiger partial charge is 0.392 e. The fourth-order valence-electron chi connectivity index (χ4n) is 0.978. The number of nitrogens with two attached hydrogens (primary N) is 1. The minimum atomic E-state index is -0.0715. The van der Waals surface area contributed by atoms with E-state index in [1.165, 1.54) is 0 Å². The van der Waals surface area contributed by atoms with E-state index in [0.29, 0.717) is 5.25 Å². The molecule has 0 radical (unpaired) electrons. The first-order valence-corrected chi connectivity index (χ1v) is 4.37. The van der Waals surface area contributed by atoms with Crippen molar-refractivity contribution in [1.29, 1.82) is 0 Å². The van der Waals surface area contributed by atoms with Crippen LogP contribution in [0.5, 0.6) is 0 Å². The van der Waals surface area contributed by atoms with Crippen LogP contribution in [-0.4, -0.2) is 28.8 Å². The van der Waals surface area contributed by atoms with Crippen LogP contribution in [0.4, 0.5) is 0 Å². The number of aliphatic hydroxyl groups is 1. The highest BCUT2D eigenvalue weighted by Gasteiger charge is 2.17. The molecule has 0 aliphatic carbocycles. The van der Waals surface area contributed by atoms with Crippen LogP contribution in [-0.2, 0) is 0 Å². The summed E-state index contributed by atoms with van der Waals surface area (Å²) < 4.78 is 0. The lowest BCUT2D eigenvalue weighted by Crippen LogP contribution is -2.26. The highest BCUT2D eigenvalue weighted by Crippen LogP contribution is 2.23. The maximum atomic E-state index is 9.06. The number of aliphatic hydroxyl groups excluding tert-OH is 1. The monoisotopic (exact) mass is 147 g/mol. The lowest BCUT2D eigenvalue weighted by molar-refractivity contribution is 0.181. The number of hydrogen-bond donors (Lipinski definition) is 2. The Bertz CT molecular complexity index is 81.1. The summed E-state index contributed by atoms with van der Waals surface area (Å²) in [6, 6.07) is 0. The Kier molecular flexibility index (Phi) is 2.82. The maximum absolute atomic E-state index is 9.06. The standard InChI is InChI=1S/C6H13NOS/c7-3-6-2-1-5(8)4-9-6/h5-6,8H,1-4,7H2. The Morgan fingerprint density at radius 3 is 2.78 bits per heavy atom. The molecule has 2 atom stereocenters. The molecule has 0 amide bonds. The van der Waals surface area contributed by atoms with Gasteiger partial charge in [-0.3, -0.25) is 0 Å². The molecule has 0 aromatic rings. The Morgan fingerprint density at radius 1 is 1.56 bits per heavy atom. The van der Waals surface area contributed by atoms with Gasteiger partial charge >= 0.3 is 0 Å². The third-order valence-electron chi connectivity index (χ3n) is 1.61. The minimum absolute atomic E-state index is 0.0715. The van der Waals surface area contributed by atoms with Crippen LogP contribution in [0.1, 0.15) is 12.8 Å². The van der Waals surface area contributed by atoms with Crippen LogP contribution >= 0.6 is 11.8 Å². The van der Waals surface area contributed by atoms with Gasteiger partial charge in [0, 0.05) is 17.5 Å². The Morgan fingerprint density at radius 2 is 2.33 bits per heavy atom. The Balaban J connectivity index is 2.18. The summed E-state index contributed by atoms with van der Waals surface area (Å²) in [5.74, 6) is 0.877. The van der Waals surface area contributed by atoms with Gasteiger partial charge in [0.25, 0.3) is 0 Å². The molecular weight excluding hydrogens is 134 g/mol. The normalized spacial score (nSPS) is 36.7. The van der Waals surface area contributed by atoms with Crippen LogP contribution in [0.25, 0.3) is 0 Å². The van der Waals surface area contributed by atoms with E-state index in [2.05, 4.69) is 0 Å². The number of hydrogen-bond acceptors (Lipinski definition) is 3. The smallest absolute Gasteiger partial charge is 0.0631 e. The molecule has 0 bridgehead atoms. The molecule has 1 heterocycles. The summed E-state index contributed by atoms with van der Waals surface area (Å²) in [4.78, 5) is 0. The van der Waals surface area contributed by atoms with Gasteiger partial charge in [0.2, 0.25) is 0 Å². The van der Waals surface area contributed by atoms with Crippen LogP contribution in [0.2, 0.25) is 0 Å². The molecule has 0 spiro atoms. The second-order valence-corrected chi connectivity index (χ2v) is 3.76. The van der Waals surface area contributed by atoms with Crippen LogP contribution < -0.4 is 5.73 Å². The fourth-order valence-corrected chi connectivity index (χ4v) is 2.08. The van der Waals surface area contributed by atoms with Gasteiger partial charge in [-0.2, -0.15) is 11.8 Å². The zero-order chi connectivity index (χ0) is 6.69.